The Morgan fingerprint density at radius 3 is 2.40 bits per heavy atom. The summed E-state index contributed by atoms with van der Waals surface area (Å²) in [6.45, 7) is 6.08. The monoisotopic (exact) mass is 276 g/mol. The molecule has 110 valence electrons. The molecule has 1 aromatic rings. The fraction of sp³-hybridized carbons (Fsp3) is 0.562. The summed E-state index contributed by atoms with van der Waals surface area (Å²) in [5.41, 5.74) is 1.21. The van der Waals surface area contributed by atoms with Gasteiger partial charge in [0.25, 0.3) is 0 Å². The number of hydrogen-bond acceptors (Lipinski definition) is 4. The van der Waals surface area contributed by atoms with Gasteiger partial charge in [-0.1, -0.05) is 6.07 Å². The SMILES string of the molecule is COc1ccc(CCN(CCC#N)C(C)C)cc1OC. The van der Waals surface area contributed by atoms with Crippen LogP contribution in [0.25, 0.3) is 0 Å². The van der Waals surface area contributed by atoms with Crippen LogP contribution in [0.2, 0.25) is 0 Å². The van der Waals surface area contributed by atoms with E-state index in [0.717, 1.165) is 31.0 Å². The van der Waals surface area contributed by atoms with E-state index in [9.17, 15) is 0 Å². The normalized spacial score (nSPS) is 10.7. The predicted molar refractivity (Wildman–Crippen MR) is 80.2 cm³/mol. The van der Waals surface area contributed by atoms with Gasteiger partial charge in [-0.2, -0.15) is 5.26 Å². The highest BCUT2D eigenvalue weighted by molar-refractivity contribution is 5.42. The van der Waals surface area contributed by atoms with Crippen molar-refractivity contribution in [3.8, 4) is 17.6 Å². The molecule has 0 radical (unpaired) electrons. The van der Waals surface area contributed by atoms with E-state index in [2.05, 4.69) is 30.9 Å². The van der Waals surface area contributed by atoms with Crippen LogP contribution in [-0.4, -0.2) is 38.3 Å². The molecule has 0 N–H and O–H groups in total. The molecular formula is C16H24N2O2. The van der Waals surface area contributed by atoms with Crippen molar-refractivity contribution >= 4 is 0 Å². The third-order valence-electron chi connectivity index (χ3n) is 3.38. The van der Waals surface area contributed by atoms with Crippen LogP contribution in [-0.2, 0) is 6.42 Å². The van der Waals surface area contributed by atoms with Gasteiger partial charge < -0.3 is 9.47 Å². The fourth-order valence-corrected chi connectivity index (χ4v) is 2.13. The lowest BCUT2D eigenvalue weighted by molar-refractivity contribution is 0.229. The molecule has 0 aliphatic rings. The van der Waals surface area contributed by atoms with E-state index in [1.54, 1.807) is 14.2 Å². The molecule has 1 rings (SSSR count). The first-order valence-corrected chi connectivity index (χ1v) is 6.94. The van der Waals surface area contributed by atoms with E-state index in [1.807, 2.05) is 12.1 Å². The predicted octanol–water partition coefficient (Wildman–Crippen LogP) is 2.87. The van der Waals surface area contributed by atoms with Crippen LogP contribution < -0.4 is 9.47 Å². The third kappa shape index (κ3) is 4.75. The van der Waals surface area contributed by atoms with Crippen molar-refractivity contribution in [2.75, 3.05) is 27.3 Å². The first kappa shape index (κ1) is 16.3. The molecule has 0 unspecified atom stereocenters. The van der Waals surface area contributed by atoms with Crippen molar-refractivity contribution < 1.29 is 9.47 Å². The van der Waals surface area contributed by atoms with Gasteiger partial charge in [0.1, 0.15) is 0 Å². The summed E-state index contributed by atoms with van der Waals surface area (Å²) in [6, 6.07) is 8.66. The van der Waals surface area contributed by atoms with Gasteiger partial charge in [0, 0.05) is 25.6 Å². The van der Waals surface area contributed by atoms with Crippen molar-refractivity contribution in [1.29, 1.82) is 5.26 Å². The number of hydrogen-bond donors (Lipinski definition) is 0. The number of rotatable bonds is 8. The first-order chi connectivity index (χ1) is 9.62. The molecule has 0 heterocycles. The second-order valence-electron chi connectivity index (χ2n) is 4.98. The molecule has 0 aromatic heterocycles. The van der Waals surface area contributed by atoms with Gasteiger partial charge in [0.15, 0.2) is 11.5 Å². The van der Waals surface area contributed by atoms with Crippen LogP contribution in [0, 0.1) is 11.3 Å². The van der Waals surface area contributed by atoms with E-state index < -0.39 is 0 Å². The number of nitrogens with zero attached hydrogens (tertiary/aromatic N) is 2. The maximum absolute atomic E-state index is 8.70. The van der Waals surface area contributed by atoms with Crippen LogP contribution in [0.1, 0.15) is 25.8 Å². The minimum absolute atomic E-state index is 0.448. The largest absolute Gasteiger partial charge is 0.493 e. The van der Waals surface area contributed by atoms with Crippen molar-refractivity contribution in [3.05, 3.63) is 23.8 Å². The molecule has 0 saturated heterocycles. The molecule has 0 aliphatic carbocycles. The van der Waals surface area contributed by atoms with Gasteiger partial charge in [-0.05, 0) is 38.0 Å². The minimum atomic E-state index is 0.448. The number of nitriles is 1. The fourth-order valence-electron chi connectivity index (χ4n) is 2.13. The van der Waals surface area contributed by atoms with Crippen molar-refractivity contribution in [3.63, 3.8) is 0 Å². The average Bonchev–Trinajstić information content (AvgIpc) is 2.46. The van der Waals surface area contributed by atoms with E-state index in [0.29, 0.717) is 12.5 Å². The van der Waals surface area contributed by atoms with E-state index in [-0.39, 0.29) is 0 Å². The maximum Gasteiger partial charge on any atom is 0.160 e. The lowest BCUT2D eigenvalue weighted by atomic mass is 10.1. The Balaban J connectivity index is 2.66. The molecule has 0 amide bonds. The van der Waals surface area contributed by atoms with Crippen LogP contribution in [0.4, 0.5) is 0 Å². The topological polar surface area (TPSA) is 45.5 Å². The lowest BCUT2D eigenvalue weighted by Crippen LogP contribution is -2.33. The molecule has 0 aliphatic heterocycles. The first-order valence-electron chi connectivity index (χ1n) is 6.94. The summed E-state index contributed by atoms with van der Waals surface area (Å²) in [4.78, 5) is 2.32. The van der Waals surface area contributed by atoms with Gasteiger partial charge >= 0.3 is 0 Å². The van der Waals surface area contributed by atoms with Crippen molar-refractivity contribution in [1.82, 2.24) is 4.90 Å². The van der Waals surface area contributed by atoms with Gasteiger partial charge in [-0.3, -0.25) is 4.90 Å². The van der Waals surface area contributed by atoms with Gasteiger partial charge in [-0.25, -0.2) is 0 Å². The zero-order valence-electron chi connectivity index (χ0n) is 12.8. The molecule has 0 saturated carbocycles. The smallest absolute Gasteiger partial charge is 0.160 e. The van der Waals surface area contributed by atoms with E-state index in [1.165, 1.54) is 5.56 Å². The highest BCUT2D eigenvalue weighted by Crippen LogP contribution is 2.27. The Kier molecular flexibility index (Phi) is 6.89. The van der Waals surface area contributed by atoms with Crippen LogP contribution in [0.5, 0.6) is 11.5 Å². The summed E-state index contributed by atoms with van der Waals surface area (Å²) in [5, 5.41) is 8.70. The van der Waals surface area contributed by atoms with E-state index in [4.69, 9.17) is 14.7 Å². The minimum Gasteiger partial charge on any atom is -0.493 e. The summed E-state index contributed by atoms with van der Waals surface area (Å²) in [5.74, 6) is 1.51. The Bertz CT molecular complexity index is 452. The molecule has 0 fully saturated rings. The quantitative estimate of drug-likeness (QED) is 0.732. The Morgan fingerprint density at radius 1 is 1.15 bits per heavy atom. The summed E-state index contributed by atoms with van der Waals surface area (Å²) in [7, 11) is 3.29. The molecule has 1 aromatic carbocycles. The molecule has 0 bridgehead atoms. The Labute approximate surface area is 121 Å². The molecule has 0 spiro atoms. The number of methoxy groups -OCH3 is 2. The second-order valence-corrected chi connectivity index (χ2v) is 4.98. The average molecular weight is 276 g/mol. The van der Waals surface area contributed by atoms with E-state index >= 15 is 0 Å². The van der Waals surface area contributed by atoms with Gasteiger partial charge in [0.05, 0.1) is 20.3 Å². The zero-order chi connectivity index (χ0) is 15.0. The summed E-state index contributed by atoms with van der Waals surface area (Å²) >= 11 is 0. The highest BCUT2D eigenvalue weighted by Gasteiger charge is 2.10. The molecule has 4 heteroatoms. The van der Waals surface area contributed by atoms with Crippen molar-refractivity contribution in [2.24, 2.45) is 0 Å². The summed E-state index contributed by atoms with van der Waals surface area (Å²) < 4.78 is 10.6. The number of ether oxygens (including phenoxy) is 2. The van der Waals surface area contributed by atoms with Crippen LogP contribution >= 0.6 is 0 Å². The van der Waals surface area contributed by atoms with Crippen LogP contribution in [0.15, 0.2) is 18.2 Å². The lowest BCUT2D eigenvalue weighted by Gasteiger charge is -2.25. The van der Waals surface area contributed by atoms with Crippen LogP contribution in [0.3, 0.4) is 0 Å². The number of benzene rings is 1. The Hall–Kier alpha value is -1.73. The Morgan fingerprint density at radius 2 is 1.85 bits per heavy atom. The van der Waals surface area contributed by atoms with Gasteiger partial charge in [-0.15, -0.1) is 0 Å². The second kappa shape index (κ2) is 8.44. The third-order valence-corrected chi connectivity index (χ3v) is 3.38. The highest BCUT2D eigenvalue weighted by atomic mass is 16.5. The maximum atomic E-state index is 8.70. The molecular weight excluding hydrogens is 252 g/mol. The summed E-state index contributed by atoms with van der Waals surface area (Å²) in [6.07, 6.45) is 1.51. The molecule has 4 nitrogen and oxygen atoms in total. The molecule has 0 atom stereocenters. The van der Waals surface area contributed by atoms with Crippen molar-refractivity contribution in [2.45, 2.75) is 32.7 Å². The standard InChI is InChI=1S/C16H24N2O2/c1-13(2)18(10-5-9-17)11-8-14-6-7-15(19-3)16(12-14)20-4/h6-7,12-13H,5,8,10-11H2,1-4H3. The molecule has 20 heavy (non-hydrogen) atoms. The van der Waals surface area contributed by atoms with Gasteiger partial charge in [0.2, 0.25) is 0 Å². The zero-order valence-corrected chi connectivity index (χ0v) is 12.8.